The van der Waals surface area contributed by atoms with Crippen LogP contribution in [-0.4, -0.2) is 11.8 Å². The van der Waals surface area contributed by atoms with Gasteiger partial charge in [-0.15, -0.1) is 0 Å². The van der Waals surface area contributed by atoms with Gasteiger partial charge < -0.3 is 11.5 Å². The maximum Gasteiger partial charge on any atom is 0.221 e. The van der Waals surface area contributed by atoms with Crippen LogP contribution >= 0.6 is 0 Å². The molecule has 0 bridgehead atoms. The molecule has 17 heavy (non-hydrogen) atoms. The molecule has 0 aromatic carbocycles. The normalized spacial score (nSPS) is 12.3. The molecule has 0 aromatic rings. The van der Waals surface area contributed by atoms with Gasteiger partial charge in [-0.25, -0.2) is 0 Å². The first-order chi connectivity index (χ1) is 8.07. The van der Waals surface area contributed by atoms with E-state index in [-0.39, 0.29) is 12.3 Å². The summed E-state index contributed by atoms with van der Waals surface area (Å²) in [5, 5.41) is 0. The summed E-state index contributed by atoms with van der Waals surface area (Å²) in [6.07, 6.45) is 9.12. The van der Waals surface area contributed by atoms with Crippen LogP contribution in [0.15, 0.2) is 0 Å². The van der Waals surface area contributed by atoms with E-state index in [2.05, 4.69) is 6.92 Å². The molecule has 4 nitrogen and oxygen atoms in total. The van der Waals surface area contributed by atoms with Gasteiger partial charge >= 0.3 is 0 Å². The fourth-order valence-corrected chi connectivity index (χ4v) is 1.94. The Kier molecular flexibility index (Phi) is 9.49. The van der Waals surface area contributed by atoms with E-state index in [1.807, 2.05) is 0 Å². The second kappa shape index (κ2) is 10.1. The summed E-state index contributed by atoms with van der Waals surface area (Å²) in [5.41, 5.74) is 10.3. The number of rotatable bonds is 11. The Morgan fingerprint density at radius 2 is 1.47 bits per heavy atom. The molecule has 0 aromatic heterocycles. The summed E-state index contributed by atoms with van der Waals surface area (Å²) in [6.45, 7) is 2.20. The highest BCUT2D eigenvalue weighted by molar-refractivity contribution is 5.83. The zero-order valence-electron chi connectivity index (χ0n) is 10.9. The Labute approximate surface area is 104 Å². The van der Waals surface area contributed by atoms with Gasteiger partial charge in [-0.3, -0.25) is 9.59 Å². The fourth-order valence-electron chi connectivity index (χ4n) is 1.94. The molecule has 0 aliphatic carbocycles. The molecule has 4 N–H and O–H groups in total. The highest BCUT2D eigenvalue weighted by Crippen LogP contribution is 2.15. The Morgan fingerprint density at radius 3 is 1.94 bits per heavy atom. The van der Waals surface area contributed by atoms with E-state index in [9.17, 15) is 9.59 Å². The van der Waals surface area contributed by atoms with Gasteiger partial charge in [-0.1, -0.05) is 51.9 Å². The van der Waals surface area contributed by atoms with Gasteiger partial charge in [0, 0.05) is 12.3 Å². The predicted molar refractivity (Wildman–Crippen MR) is 69.1 cm³/mol. The lowest BCUT2D eigenvalue weighted by Gasteiger charge is -2.10. The zero-order valence-corrected chi connectivity index (χ0v) is 10.9. The van der Waals surface area contributed by atoms with E-state index < -0.39 is 11.8 Å². The van der Waals surface area contributed by atoms with E-state index in [0.29, 0.717) is 6.42 Å². The Balaban J connectivity index is 3.55. The van der Waals surface area contributed by atoms with Crippen LogP contribution in [0.3, 0.4) is 0 Å². The van der Waals surface area contributed by atoms with Gasteiger partial charge in [-0.2, -0.15) is 0 Å². The lowest BCUT2D eigenvalue weighted by molar-refractivity contribution is -0.127. The van der Waals surface area contributed by atoms with Crippen molar-refractivity contribution >= 4 is 11.8 Å². The standard InChI is InChI=1S/C13H26N2O2/c1-2-3-4-5-6-7-8-9-11(13(15)17)10-12(14)16/h11H,2-10H2,1H3,(H2,14,16)(H2,15,17)/t11-/m1/s1. The van der Waals surface area contributed by atoms with Crippen LogP contribution in [0.5, 0.6) is 0 Å². The number of hydrogen-bond donors (Lipinski definition) is 2. The zero-order chi connectivity index (χ0) is 13.1. The van der Waals surface area contributed by atoms with Crippen LogP contribution in [0.1, 0.15) is 64.7 Å². The SMILES string of the molecule is CCCCCCCCC[C@H](CC(N)=O)C(N)=O. The third-order valence-electron chi connectivity index (χ3n) is 3.01. The number of unbranched alkanes of at least 4 members (excludes halogenated alkanes) is 6. The van der Waals surface area contributed by atoms with Crippen molar-refractivity contribution in [3.05, 3.63) is 0 Å². The molecular weight excluding hydrogens is 216 g/mol. The highest BCUT2D eigenvalue weighted by atomic mass is 16.2. The second-order valence-electron chi connectivity index (χ2n) is 4.68. The molecule has 0 aliphatic rings. The van der Waals surface area contributed by atoms with E-state index in [0.717, 1.165) is 12.8 Å². The van der Waals surface area contributed by atoms with Crippen molar-refractivity contribution in [2.24, 2.45) is 17.4 Å². The third kappa shape index (κ3) is 9.85. The number of primary amides is 2. The first kappa shape index (κ1) is 15.9. The number of hydrogen-bond acceptors (Lipinski definition) is 2. The third-order valence-corrected chi connectivity index (χ3v) is 3.01. The maximum absolute atomic E-state index is 11.1. The number of carbonyl (C=O) groups excluding carboxylic acids is 2. The summed E-state index contributed by atoms with van der Waals surface area (Å²) in [7, 11) is 0. The van der Waals surface area contributed by atoms with Crippen molar-refractivity contribution in [1.29, 1.82) is 0 Å². The van der Waals surface area contributed by atoms with Gasteiger partial charge in [-0.05, 0) is 6.42 Å². The highest BCUT2D eigenvalue weighted by Gasteiger charge is 2.17. The molecule has 1 atom stereocenters. The maximum atomic E-state index is 11.1. The lowest BCUT2D eigenvalue weighted by atomic mass is 9.96. The molecule has 100 valence electrons. The molecule has 0 fully saturated rings. The van der Waals surface area contributed by atoms with Crippen LogP contribution in [0, 0.1) is 5.92 Å². The van der Waals surface area contributed by atoms with Gasteiger partial charge in [0.2, 0.25) is 11.8 Å². The Morgan fingerprint density at radius 1 is 0.941 bits per heavy atom. The Bertz CT molecular complexity index is 229. The molecule has 0 rings (SSSR count). The quantitative estimate of drug-likeness (QED) is 0.544. The van der Waals surface area contributed by atoms with Crippen LogP contribution < -0.4 is 11.5 Å². The number of carbonyl (C=O) groups is 2. The van der Waals surface area contributed by atoms with Crippen molar-refractivity contribution in [2.45, 2.75) is 64.7 Å². The Hall–Kier alpha value is -1.06. The molecule has 0 saturated heterocycles. The molecule has 0 saturated carbocycles. The van der Waals surface area contributed by atoms with Gasteiger partial charge in [0.25, 0.3) is 0 Å². The first-order valence-electron chi connectivity index (χ1n) is 6.65. The van der Waals surface area contributed by atoms with E-state index >= 15 is 0 Å². The summed E-state index contributed by atoms with van der Waals surface area (Å²) < 4.78 is 0. The minimum atomic E-state index is -0.447. The fraction of sp³-hybridized carbons (Fsp3) is 0.846. The average molecular weight is 242 g/mol. The molecule has 0 spiro atoms. The minimum Gasteiger partial charge on any atom is -0.370 e. The van der Waals surface area contributed by atoms with Crippen LogP contribution in [0.4, 0.5) is 0 Å². The molecular formula is C13H26N2O2. The van der Waals surface area contributed by atoms with E-state index in [4.69, 9.17) is 11.5 Å². The molecule has 4 heteroatoms. The smallest absolute Gasteiger partial charge is 0.221 e. The van der Waals surface area contributed by atoms with E-state index in [1.165, 1.54) is 32.1 Å². The van der Waals surface area contributed by atoms with Crippen molar-refractivity contribution in [2.75, 3.05) is 0 Å². The van der Waals surface area contributed by atoms with Gasteiger partial charge in [0.05, 0.1) is 0 Å². The topological polar surface area (TPSA) is 86.2 Å². The molecule has 0 aliphatic heterocycles. The van der Waals surface area contributed by atoms with Crippen LogP contribution in [-0.2, 0) is 9.59 Å². The van der Waals surface area contributed by atoms with Crippen LogP contribution in [0.25, 0.3) is 0 Å². The van der Waals surface area contributed by atoms with E-state index in [1.54, 1.807) is 0 Å². The predicted octanol–water partition coefficient (Wildman–Crippen LogP) is 2.10. The molecule has 2 amide bonds. The van der Waals surface area contributed by atoms with Gasteiger partial charge in [0.1, 0.15) is 0 Å². The number of nitrogens with two attached hydrogens (primary N) is 2. The second-order valence-corrected chi connectivity index (χ2v) is 4.68. The lowest BCUT2D eigenvalue weighted by Crippen LogP contribution is -2.28. The largest absolute Gasteiger partial charge is 0.370 e. The van der Waals surface area contributed by atoms with Gasteiger partial charge in [0.15, 0.2) is 0 Å². The first-order valence-corrected chi connectivity index (χ1v) is 6.65. The minimum absolute atomic E-state index is 0.0885. The van der Waals surface area contributed by atoms with Crippen molar-refractivity contribution in [3.63, 3.8) is 0 Å². The molecule has 0 radical (unpaired) electrons. The summed E-state index contributed by atoms with van der Waals surface area (Å²) in [5.74, 6) is -1.23. The summed E-state index contributed by atoms with van der Waals surface area (Å²) in [4.78, 5) is 21.8. The van der Waals surface area contributed by atoms with Crippen LogP contribution in [0.2, 0.25) is 0 Å². The van der Waals surface area contributed by atoms with Crippen molar-refractivity contribution < 1.29 is 9.59 Å². The monoisotopic (exact) mass is 242 g/mol. The number of amides is 2. The molecule has 0 unspecified atom stereocenters. The summed E-state index contributed by atoms with van der Waals surface area (Å²) in [6, 6.07) is 0. The molecule has 0 heterocycles. The van der Waals surface area contributed by atoms with Crippen molar-refractivity contribution in [1.82, 2.24) is 0 Å². The summed E-state index contributed by atoms with van der Waals surface area (Å²) >= 11 is 0. The van der Waals surface area contributed by atoms with Crippen molar-refractivity contribution in [3.8, 4) is 0 Å². The average Bonchev–Trinajstić information content (AvgIpc) is 2.25.